The molecule has 1 fully saturated rings. The summed E-state index contributed by atoms with van der Waals surface area (Å²) >= 11 is 0. The maximum Gasteiger partial charge on any atom is 0.251 e. The van der Waals surface area contributed by atoms with Gasteiger partial charge in [-0.15, -0.1) is 0 Å². The molecule has 0 spiro atoms. The van der Waals surface area contributed by atoms with E-state index in [1.54, 1.807) is 0 Å². The number of anilines is 1. The van der Waals surface area contributed by atoms with Crippen molar-refractivity contribution in [2.45, 2.75) is 44.6 Å². The van der Waals surface area contributed by atoms with Crippen LogP contribution in [0.25, 0.3) is 0 Å². The van der Waals surface area contributed by atoms with Crippen LogP contribution in [0.4, 0.5) is 5.69 Å². The van der Waals surface area contributed by atoms with Gasteiger partial charge < -0.3 is 10.6 Å². The second-order valence-corrected chi connectivity index (χ2v) is 4.99. The SMILES string of the molecule is CNc1cccc(C(=O)NC2CCCCCC2)c1. The monoisotopic (exact) mass is 246 g/mol. The predicted molar refractivity (Wildman–Crippen MR) is 74.9 cm³/mol. The summed E-state index contributed by atoms with van der Waals surface area (Å²) in [5.74, 6) is 0.0546. The largest absolute Gasteiger partial charge is 0.388 e. The molecule has 1 amide bonds. The Bertz CT molecular complexity index is 395. The molecule has 98 valence electrons. The van der Waals surface area contributed by atoms with Crippen LogP contribution in [-0.4, -0.2) is 19.0 Å². The molecule has 3 nitrogen and oxygen atoms in total. The first kappa shape index (κ1) is 12.9. The summed E-state index contributed by atoms with van der Waals surface area (Å²) < 4.78 is 0. The average molecular weight is 246 g/mol. The molecule has 0 atom stereocenters. The van der Waals surface area contributed by atoms with Crippen LogP contribution in [0, 0.1) is 0 Å². The Morgan fingerprint density at radius 2 is 1.89 bits per heavy atom. The lowest BCUT2D eigenvalue weighted by atomic mass is 10.1. The second kappa shape index (κ2) is 6.43. The van der Waals surface area contributed by atoms with Gasteiger partial charge in [0.05, 0.1) is 0 Å². The number of nitrogens with one attached hydrogen (secondary N) is 2. The third-order valence-corrected chi connectivity index (χ3v) is 3.60. The lowest BCUT2D eigenvalue weighted by Crippen LogP contribution is -2.34. The van der Waals surface area contributed by atoms with Gasteiger partial charge >= 0.3 is 0 Å². The molecular formula is C15H22N2O. The highest BCUT2D eigenvalue weighted by Crippen LogP contribution is 2.18. The van der Waals surface area contributed by atoms with Crippen molar-refractivity contribution in [2.75, 3.05) is 12.4 Å². The van der Waals surface area contributed by atoms with Crippen LogP contribution in [-0.2, 0) is 0 Å². The lowest BCUT2D eigenvalue weighted by Gasteiger charge is -2.16. The Hall–Kier alpha value is -1.51. The smallest absolute Gasteiger partial charge is 0.251 e. The molecule has 1 aromatic carbocycles. The topological polar surface area (TPSA) is 41.1 Å². The van der Waals surface area contributed by atoms with Gasteiger partial charge in [0, 0.05) is 24.3 Å². The molecule has 0 bridgehead atoms. The Kier molecular flexibility index (Phi) is 4.62. The van der Waals surface area contributed by atoms with E-state index >= 15 is 0 Å². The zero-order valence-electron chi connectivity index (χ0n) is 11.0. The number of carbonyl (C=O) groups excluding carboxylic acids is 1. The lowest BCUT2D eigenvalue weighted by molar-refractivity contribution is 0.0933. The number of amides is 1. The van der Waals surface area contributed by atoms with Gasteiger partial charge in [0.2, 0.25) is 0 Å². The third-order valence-electron chi connectivity index (χ3n) is 3.60. The Labute approximate surface area is 109 Å². The first-order valence-corrected chi connectivity index (χ1v) is 6.88. The van der Waals surface area contributed by atoms with E-state index in [1.165, 1.54) is 25.7 Å². The van der Waals surface area contributed by atoms with Gasteiger partial charge in [-0.1, -0.05) is 31.7 Å². The van der Waals surface area contributed by atoms with E-state index < -0.39 is 0 Å². The molecule has 0 radical (unpaired) electrons. The van der Waals surface area contributed by atoms with E-state index in [0.717, 1.165) is 24.1 Å². The number of rotatable bonds is 3. The highest BCUT2D eigenvalue weighted by atomic mass is 16.1. The Morgan fingerprint density at radius 3 is 2.56 bits per heavy atom. The Balaban J connectivity index is 1.97. The highest BCUT2D eigenvalue weighted by Gasteiger charge is 2.15. The number of hydrogen-bond acceptors (Lipinski definition) is 2. The van der Waals surface area contributed by atoms with Gasteiger partial charge in [0.25, 0.3) is 5.91 Å². The van der Waals surface area contributed by atoms with Crippen molar-refractivity contribution in [3.05, 3.63) is 29.8 Å². The van der Waals surface area contributed by atoms with Gasteiger partial charge in [0.1, 0.15) is 0 Å². The maximum atomic E-state index is 12.2. The normalized spacial score (nSPS) is 16.9. The summed E-state index contributed by atoms with van der Waals surface area (Å²) in [4.78, 5) is 12.2. The van der Waals surface area contributed by atoms with Gasteiger partial charge in [-0.05, 0) is 31.0 Å². The van der Waals surface area contributed by atoms with Crippen molar-refractivity contribution in [2.24, 2.45) is 0 Å². The molecule has 2 N–H and O–H groups in total. The van der Waals surface area contributed by atoms with Crippen molar-refractivity contribution < 1.29 is 4.79 Å². The van der Waals surface area contributed by atoms with E-state index in [2.05, 4.69) is 10.6 Å². The summed E-state index contributed by atoms with van der Waals surface area (Å²) in [5, 5.41) is 6.22. The Morgan fingerprint density at radius 1 is 1.17 bits per heavy atom. The second-order valence-electron chi connectivity index (χ2n) is 4.99. The van der Waals surface area contributed by atoms with Gasteiger partial charge in [-0.2, -0.15) is 0 Å². The van der Waals surface area contributed by atoms with E-state index in [0.29, 0.717) is 6.04 Å². The van der Waals surface area contributed by atoms with Gasteiger partial charge in [0.15, 0.2) is 0 Å². The first-order valence-electron chi connectivity index (χ1n) is 6.88. The summed E-state index contributed by atoms with van der Waals surface area (Å²) in [6, 6.07) is 7.99. The van der Waals surface area contributed by atoms with Gasteiger partial charge in [-0.25, -0.2) is 0 Å². The molecule has 0 heterocycles. The quantitative estimate of drug-likeness (QED) is 0.804. The van der Waals surface area contributed by atoms with Crippen molar-refractivity contribution in [3.63, 3.8) is 0 Å². The van der Waals surface area contributed by atoms with Crippen LogP contribution in [0.2, 0.25) is 0 Å². The minimum absolute atomic E-state index is 0.0546. The molecule has 0 unspecified atom stereocenters. The van der Waals surface area contributed by atoms with E-state index in [-0.39, 0.29) is 5.91 Å². The maximum absolute atomic E-state index is 12.2. The summed E-state index contributed by atoms with van der Waals surface area (Å²) in [6.07, 6.45) is 7.33. The standard InChI is InChI=1S/C15H22N2O/c1-16-14-10-6-7-12(11-14)15(18)17-13-8-4-2-3-5-9-13/h6-7,10-11,13,16H,2-5,8-9H2,1H3,(H,17,18). The van der Waals surface area contributed by atoms with Crippen LogP contribution >= 0.6 is 0 Å². The minimum Gasteiger partial charge on any atom is -0.388 e. The zero-order valence-corrected chi connectivity index (χ0v) is 11.0. The number of hydrogen-bond donors (Lipinski definition) is 2. The molecule has 1 aliphatic carbocycles. The molecule has 3 heteroatoms. The fourth-order valence-corrected chi connectivity index (χ4v) is 2.51. The molecule has 2 rings (SSSR count). The van der Waals surface area contributed by atoms with Crippen LogP contribution in [0.5, 0.6) is 0 Å². The summed E-state index contributed by atoms with van der Waals surface area (Å²) in [7, 11) is 1.86. The molecule has 0 aromatic heterocycles. The first-order chi connectivity index (χ1) is 8.79. The van der Waals surface area contributed by atoms with Crippen molar-refractivity contribution in [1.29, 1.82) is 0 Å². The van der Waals surface area contributed by atoms with Crippen LogP contribution in [0.1, 0.15) is 48.9 Å². The van der Waals surface area contributed by atoms with Crippen LogP contribution in [0.15, 0.2) is 24.3 Å². The van der Waals surface area contributed by atoms with E-state index in [9.17, 15) is 4.79 Å². The molecule has 1 aliphatic rings. The molecule has 1 aromatic rings. The van der Waals surface area contributed by atoms with E-state index in [1.807, 2.05) is 31.3 Å². The van der Waals surface area contributed by atoms with E-state index in [4.69, 9.17) is 0 Å². The molecule has 0 saturated heterocycles. The molecular weight excluding hydrogens is 224 g/mol. The number of benzene rings is 1. The molecule has 0 aliphatic heterocycles. The number of carbonyl (C=O) groups is 1. The molecule has 18 heavy (non-hydrogen) atoms. The summed E-state index contributed by atoms with van der Waals surface area (Å²) in [6.45, 7) is 0. The van der Waals surface area contributed by atoms with Crippen molar-refractivity contribution in [3.8, 4) is 0 Å². The van der Waals surface area contributed by atoms with Crippen molar-refractivity contribution in [1.82, 2.24) is 5.32 Å². The fraction of sp³-hybridized carbons (Fsp3) is 0.533. The van der Waals surface area contributed by atoms with Crippen LogP contribution < -0.4 is 10.6 Å². The third kappa shape index (κ3) is 3.49. The van der Waals surface area contributed by atoms with Crippen LogP contribution in [0.3, 0.4) is 0 Å². The summed E-state index contributed by atoms with van der Waals surface area (Å²) in [5.41, 5.74) is 1.72. The molecule has 1 saturated carbocycles. The highest BCUT2D eigenvalue weighted by molar-refractivity contribution is 5.95. The van der Waals surface area contributed by atoms with Crippen molar-refractivity contribution >= 4 is 11.6 Å². The van der Waals surface area contributed by atoms with Gasteiger partial charge in [-0.3, -0.25) is 4.79 Å². The average Bonchev–Trinajstić information content (AvgIpc) is 2.67. The zero-order chi connectivity index (χ0) is 12.8. The predicted octanol–water partition coefficient (Wildman–Crippen LogP) is 3.18. The fourth-order valence-electron chi connectivity index (χ4n) is 2.51. The minimum atomic E-state index is 0.0546.